The molecule has 2 saturated heterocycles. The summed E-state index contributed by atoms with van der Waals surface area (Å²) in [5.41, 5.74) is 0.918. The van der Waals surface area contributed by atoms with E-state index in [1.165, 1.54) is 25.5 Å². The van der Waals surface area contributed by atoms with Crippen molar-refractivity contribution >= 4 is 17.3 Å². The van der Waals surface area contributed by atoms with Crippen LogP contribution in [0.5, 0.6) is 0 Å². The number of anilines is 1. The summed E-state index contributed by atoms with van der Waals surface area (Å²) >= 11 is 5.90. The first-order valence-corrected chi connectivity index (χ1v) is 6.55. The number of piperazine rings is 1. The molecule has 2 aliphatic heterocycles. The quantitative estimate of drug-likeness (QED) is 0.760. The number of hydrogen-bond donors (Lipinski definition) is 0. The molecule has 0 saturated carbocycles. The summed E-state index contributed by atoms with van der Waals surface area (Å²) in [5.74, 6) is -0.249. The molecule has 0 aromatic heterocycles. The number of hydrogen-bond acceptors (Lipinski definition) is 2. The number of fused-ring (bicyclic) bond motifs is 1. The van der Waals surface area contributed by atoms with Gasteiger partial charge in [-0.3, -0.25) is 4.90 Å². The Morgan fingerprint density at radius 2 is 2.06 bits per heavy atom. The second-order valence-corrected chi connectivity index (χ2v) is 5.34. The highest BCUT2D eigenvalue weighted by Gasteiger charge is 2.30. The van der Waals surface area contributed by atoms with Crippen molar-refractivity contribution < 1.29 is 4.39 Å². The van der Waals surface area contributed by atoms with Crippen LogP contribution in [0.3, 0.4) is 0 Å². The molecule has 3 rings (SSSR count). The standard InChI is InChI=1S/C13H16ClFN2/c14-10-6-11(15)8-13(7-10)17-5-4-16-3-1-2-12(16)9-17/h6-8,12H,1-5,9H2. The molecule has 0 aliphatic carbocycles. The van der Waals surface area contributed by atoms with E-state index in [-0.39, 0.29) is 5.82 Å². The van der Waals surface area contributed by atoms with Gasteiger partial charge in [0.25, 0.3) is 0 Å². The third-order valence-corrected chi connectivity index (χ3v) is 4.02. The lowest BCUT2D eigenvalue weighted by Gasteiger charge is -2.38. The fourth-order valence-corrected chi connectivity index (χ4v) is 3.16. The van der Waals surface area contributed by atoms with E-state index in [9.17, 15) is 4.39 Å². The first-order valence-electron chi connectivity index (χ1n) is 6.17. The zero-order valence-electron chi connectivity index (χ0n) is 9.70. The molecule has 1 aromatic rings. The zero-order valence-corrected chi connectivity index (χ0v) is 10.5. The Balaban J connectivity index is 1.80. The van der Waals surface area contributed by atoms with E-state index in [2.05, 4.69) is 9.80 Å². The molecule has 0 spiro atoms. The van der Waals surface area contributed by atoms with Crippen LogP contribution in [0.4, 0.5) is 10.1 Å². The van der Waals surface area contributed by atoms with Crippen molar-refractivity contribution in [1.29, 1.82) is 0 Å². The molecule has 2 fully saturated rings. The molecular weight excluding hydrogens is 239 g/mol. The van der Waals surface area contributed by atoms with Gasteiger partial charge in [0.2, 0.25) is 0 Å². The Morgan fingerprint density at radius 3 is 2.88 bits per heavy atom. The van der Waals surface area contributed by atoms with Crippen LogP contribution in [0, 0.1) is 5.82 Å². The Morgan fingerprint density at radius 1 is 1.18 bits per heavy atom. The lowest BCUT2D eigenvalue weighted by atomic mass is 10.1. The smallest absolute Gasteiger partial charge is 0.126 e. The number of benzene rings is 1. The van der Waals surface area contributed by atoms with Gasteiger partial charge in [0, 0.05) is 36.4 Å². The van der Waals surface area contributed by atoms with Crippen LogP contribution in [0.2, 0.25) is 5.02 Å². The van der Waals surface area contributed by atoms with Crippen LogP contribution in [0.15, 0.2) is 18.2 Å². The normalized spacial score (nSPS) is 25.1. The molecule has 1 unspecified atom stereocenters. The molecule has 0 amide bonds. The minimum Gasteiger partial charge on any atom is -0.369 e. The van der Waals surface area contributed by atoms with Gasteiger partial charge in [-0.15, -0.1) is 0 Å². The molecule has 2 nitrogen and oxygen atoms in total. The van der Waals surface area contributed by atoms with Crippen molar-refractivity contribution in [3.05, 3.63) is 29.0 Å². The highest BCUT2D eigenvalue weighted by atomic mass is 35.5. The maximum Gasteiger partial charge on any atom is 0.126 e. The fourth-order valence-electron chi connectivity index (χ4n) is 2.95. The minimum absolute atomic E-state index is 0.249. The Hall–Kier alpha value is -0.800. The summed E-state index contributed by atoms with van der Waals surface area (Å²) < 4.78 is 13.3. The molecule has 2 aliphatic rings. The van der Waals surface area contributed by atoms with Gasteiger partial charge in [0.05, 0.1) is 0 Å². The third-order valence-electron chi connectivity index (χ3n) is 3.80. The van der Waals surface area contributed by atoms with E-state index in [1.807, 2.05) is 6.07 Å². The Kier molecular flexibility index (Phi) is 2.97. The van der Waals surface area contributed by atoms with Crippen LogP contribution >= 0.6 is 11.6 Å². The maximum absolute atomic E-state index is 13.3. The van der Waals surface area contributed by atoms with Crippen molar-refractivity contribution in [3.63, 3.8) is 0 Å². The molecule has 2 heterocycles. The van der Waals surface area contributed by atoms with E-state index in [0.717, 1.165) is 25.3 Å². The van der Waals surface area contributed by atoms with Crippen molar-refractivity contribution in [1.82, 2.24) is 4.90 Å². The van der Waals surface area contributed by atoms with Gasteiger partial charge in [-0.2, -0.15) is 0 Å². The summed E-state index contributed by atoms with van der Waals surface area (Å²) in [4.78, 5) is 4.79. The summed E-state index contributed by atoms with van der Waals surface area (Å²) in [6, 6.07) is 5.44. The molecule has 4 heteroatoms. The molecule has 0 radical (unpaired) electrons. The van der Waals surface area contributed by atoms with Gasteiger partial charge < -0.3 is 4.90 Å². The summed E-state index contributed by atoms with van der Waals surface area (Å²) in [7, 11) is 0. The largest absolute Gasteiger partial charge is 0.369 e. The van der Waals surface area contributed by atoms with E-state index < -0.39 is 0 Å². The van der Waals surface area contributed by atoms with Crippen LogP contribution in [0.1, 0.15) is 12.8 Å². The Labute approximate surface area is 106 Å². The van der Waals surface area contributed by atoms with Crippen molar-refractivity contribution in [2.24, 2.45) is 0 Å². The molecule has 0 bridgehead atoms. The van der Waals surface area contributed by atoms with Gasteiger partial charge >= 0.3 is 0 Å². The number of rotatable bonds is 1. The van der Waals surface area contributed by atoms with Gasteiger partial charge in [0.15, 0.2) is 0 Å². The van der Waals surface area contributed by atoms with Crippen LogP contribution in [0.25, 0.3) is 0 Å². The average molecular weight is 255 g/mol. The summed E-state index contributed by atoms with van der Waals surface area (Å²) in [5, 5.41) is 0.480. The number of halogens is 2. The topological polar surface area (TPSA) is 6.48 Å². The van der Waals surface area contributed by atoms with E-state index in [1.54, 1.807) is 6.07 Å². The van der Waals surface area contributed by atoms with E-state index in [4.69, 9.17) is 11.6 Å². The van der Waals surface area contributed by atoms with Gasteiger partial charge in [-0.1, -0.05) is 11.6 Å². The lowest BCUT2D eigenvalue weighted by Crippen LogP contribution is -2.50. The highest BCUT2D eigenvalue weighted by molar-refractivity contribution is 6.30. The zero-order chi connectivity index (χ0) is 11.8. The first kappa shape index (κ1) is 11.3. The lowest BCUT2D eigenvalue weighted by molar-refractivity contribution is 0.231. The second-order valence-electron chi connectivity index (χ2n) is 4.91. The molecule has 17 heavy (non-hydrogen) atoms. The van der Waals surface area contributed by atoms with Gasteiger partial charge in [0.1, 0.15) is 5.82 Å². The number of nitrogens with zero attached hydrogens (tertiary/aromatic N) is 2. The minimum atomic E-state index is -0.249. The van der Waals surface area contributed by atoms with Crippen LogP contribution < -0.4 is 4.90 Å². The predicted octanol–water partition coefficient (Wildman–Crippen LogP) is 2.76. The van der Waals surface area contributed by atoms with E-state index >= 15 is 0 Å². The van der Waals surface area contributed by atoms with Crippen molar-refractivity contribution in [2.75, 3.05) is 31.1 Å². The van der Waals surface area contributed by atoms with Crippen LogP contribution in [-0.4, -0.2) is 37.1 Å². The van der Waals surface area contributed by atoms with Gasteiger partial charge in [-0.25, -0.2) is 4.39 Å². The molecular formula is C13H16ClFN2. The third kappa shape index (κ3) is 2.26. The van der Waals surface area contributed by atoms with E-state index in [0.29, 0.717) is 11.1 Å². The van der Waals surface area contributed by atoms with Crippen molar-refractivity contribution in [3.8, 4) is 0 Å². The average Bonchev–Trinajstić information content (AvgIpc) is 2.74. The Bertz CT molecular complexity index is 404. The summed E-state index contributed by atoms with van der Waals surface area (Å²) in [6.45, 7) is 4.28. The fraction of sp³-hybridized carbons (Fsp3) is 0.538. The molecule has 0 N–H and O–H groups in total. The molecule has 1 atom stereocenters. The highest BCUT2D eigenvalue weighted by Crippen LogP contribution is 2.27. The molecule has 1 aromatic carbocycles. The SMILES string of the molecule is Fc1cc(Cl)cc(N2CCN3CCCC3C2)c1. The first-order chi connectivity index (χ1) is 8.22. The molecule has 92 valence electrons. The summed E-state index contributed by atoms with van der Waals surface area (Å²) in [6.07, 6.45) is 2.56. The second kappa shape index (κ2) is 4.46. The van der Waals surface area contributed by atoms with Crippen LogP contribution in [-0.2, 0) is 0 Å². The predicted molar refractivity (Wildman–Crippen MR) is 68.2 cm³/mol. The van der Waals surface area contributed by atoms with Gasteiger partial charge in [-0.05, 0) is 37.6 Å². The maximum atomic E-state index is 13.3. The monoisotopic (exact) mass is 254 g/mol. The van der Waals surface area contributed by atoms with Crippen molar-refractivity contribution in [2.45, 2.75) is 18.9 Å².